The number of furan rings is 1. The van der Waals surface area contributed by atoms with E-state index in [2.05, 4.69) is 10.6 Å². The number of rotatable bonds is 5. The first-order valence-corrected chi connectivity index (χ1v) is 6.46. The molecule has 2 N–H and O–H groups in total. The Balaban J connectivity index is 1.69. The highest BCUT2D eigenvalue weighted by Gasteiger charge is 2.12. The highest BCUT2D eigenvalue weighted by molar-refractivity contribution is 6.35. The monoisotopic (exact) mass is 290 g/mol. The summed E-state index contributed by atoms with van der Waals surface area (Å²) < 4.78 is 17.6. The maximum Gasteiger partial charge on any atom is 0.309 e. The molecule has 6 heteroatoms. The van der Waals surface area contributed by atoms with E-state index in [-0.39, 0.29) is 12.4 Å². The molecule has 0 radical (unpaired) electrons. The van der Waals surface area contributed by atoms with Gasteiger partial charge in [-0.05, 0) is 35.7 Å². The van der Waals surface area contributed by atoms with Crippen LogP contribution in [-0.4, -0.2) is 18.4 Å². The van der Waals surface area contributed by atoms with E-state index >= 15 is 0 Å². The molecule has 1 aromatic heterocycles. The smallest absolute Gasteiger partial charge is 0.309 e. The number of carbonyl (C=O) groups is 2. The SMILES string of the molecule is O=C(NCCc1ccoc1)C(=O)NCc1ccc(F)cc1. The first kappa shape index (κ1) is 14.8. The molecule has 0 aliphatic rings. The number of benzene rings is 1. The molecule has 0 saturated heterocycles. The summed E-state index contributed by atoms with van der Waals surface area (Å²) in [6, 6.07) is 7.48. The topological polar surface area (TPSA) is 71.3 Å². The van der Waals surface area contributed by atoms with Crippen molar-refractivity contribution < 1.29 is 18.4 Å². The largest absolute Gasteiger partial charge is 0.472 e. The summed E-state index contributed by atoms with van der Waals surface area (Å²) in [6.07, 6.45) is 3.72. The minimum atomic E-state index is -0.716. The van der Waals surface area contributed by atoms with Crippen molar-refractivity contribution in [2.45, 2.75) is 13.0 Å². The fourth-order valence-electron chi connectivity index (χ4n) is 1.70. The predicted molar refractivity (Wildman–Crippen MR) is 73.7 cm³/mol. The highest BCUT2D eigenvalue weighted by atomic mass is 19.1. The zero-order valence-corrected chi connectivity index (χ0v) is 11.3. The third kappa shape index (κ3) is 4.76. The standard InChI is InChI=1S/C15H15FN2O3/c16-13-3-1-11(2-4-13)9-18-15(20)14(19)17-7-5-12-6-8-21-10-12/h1-4,6,8,10H,5,7,9H2,(H,17,19)(H,18,20). The molecule has 2 rings (SSSR count). The molecule has 0 saturated carbocycles. The minimum absolute atomic E-state index is 0.175. The normalized spacial score (nSPS) is 10.1. The first-order valence-electron chi connectivity index (χ1n) is 6.46. The Hall–Kier alpha value is -2.63. The molecule has 5 nitrogen and oxygen atoms in total. The molecule has 0 atom stereocenters. The quantitative estimate of drug-likeness (QED) is 0.818. The Morgan fingerprint density at radius 2 is 1.71 bits per heavy atom. The third-order valence-corrected chi connectivity index (χ3v) is 2.85. The Kier molecular flexibility index (Phi) is 5.09. The van der Waals surface area contributed by atoms with Gasteiger partial charge < -0.3 is 15.1 Å². The van der Waals surface area contributed by atoms with E-state index in [1.165, 1.54) is 12.1 Å². The zero-order valence-electron chi connectivity index (χ0n) is 11.3. The van der Waals surface area contributed by atoms with Crippen LogP contribution in [-0.2, 0) is 22.6 Å². The van der Waals surface area contributed by atoms with Crippen LogP contribution in [0.15, 0.2) is 47.3 Å². The van der Waals surface area contributed by atoms with Gasteiger partial charge in [0.25, 0.3) is 0 Å². The van der Waals surface area contributed by atoms with Gasteiger partial charge in [0.1, 0.15) is 5.82 Å². The summed E-state index contributed by atoms with van der Waals surface area (Å²) in [5, 5.41) is 4.98. The molecule has 0 bridgehead atoms. The van der Waals surface area contributed by atoms with Crippen molar-refractivity contribution in [1.82, 2.24) is 10.6 Å². The van der Waals surface area contributed by atoms with Crippen LogP contribution in [0.5, 0.6) is 0 Å². The molecule has 21 heavy (non-hydrogen) atoms. The maximum atomic E-state index is 12.7. The molecule has 0 spiro atoms. The molecule has 2 amide bonds. The lowest BCUT2D eigenvalue weighted by atomic mass is 10.2. The molecule has 1 aromatic carbocycles. The van der Waals surface area contributed by atoms with Gasteiger partial charge in [0.2, 0.25) is 0 Å². The summed E-state index contributed by atoms with van der Waals surface area (Å²) in [5.41, 5.74) is 1.66. The molecule has 0 aliphatic carbocycles. The first-order chi connectivity index (χ1) is 10.1. The fraction of sp³-hybridized carbons (Fsp3) is 0.200. The van der Waals surface area contributed by atoms with Gasteiger partial charge in [0, 0.05) is 13.1 Å². The van der Waals surface area contributed by atoms with Gasteiger partial charge in [0.15, 0.2) is 0 Å². The fourth-order valence-corrected chi connectivity index (χ4v) is 1.70. The molecular formula is C15H15FN2O3. The van der Waals surface area contributed by atoms with Gasteiger partial charge in [0.05, 0.1) is 12.5 Å². The van der Waals surface area contributed by atoms with Crippen LogP contribution < -0.4 is 10.6 Å². The van der Waals surface area contributed by atoms with Crippen molar-refractivity contribution in [3.05, 3.63) is 59.8 Å². The van der Waals surface area contributed by atoms with Gasteiger partial charge in [-0.2, -0.15) is 0 Å². The molecule has 0 fully saturated rings. The van der Waals surface area contributed by atoms with Gasteiger partial charge >= 0.3 is 11.8 Å². The Morgan fingerprint density at radius 3 is 2.38 bits per heavy atom. The Morgan fingerprint density at radius 1 is 1.00 bits per heavy atom. The van der Waals surface area contributed by atoms with E-state index in [1.807, 2.05) is 0 Å². The van der Waals surface area contributed by atoms with Crippen molar-refractivity contribution in [2.24, 2.45) is 0 Å². The Bertz CT molecular complexity index is 594. The number of halogens is 1. The summed E-state index contributed by atoms with van der Waals surface area (Å²) in [6.45, 7) is 0.524. The zero-order chi connectivity index (χ0) is 15.1. The van der Waals surface area contributed by atoms with Gasteiger partial charge in [-0.25, -0.2) is 4.39 Å². The van der Waals surface area contributed by atoms with Gasteiger partial charge in [-0.3, -0.25) is 9.59 Å². The van der Waals surface area contributed by atoms with Crippen LogP contribution in [0.1, 0.15) is 11.1 Å². The number of nitrogens with one attached hydrogen (secondary N) is 2. The van der Waals surface area contributed by atoms with E-state index in [1.54, 1.807) is 30.7 Å². The second kappa shape index (κ2) is 7.23. The van der Waals surface area contributed by atoms with Crippen molar-refractivity contribution in [3.8, 4) is 0 Å². The van der Waals surface area contributed by atoms with Crippen molar-refractivity contribution in [1.29, 1.82) is 0 Å². The minimum Gasteiger partial charge on any atom is -0.472 e. The molecule has 1 heterocycles. The van der Waals surface area contributed by atoms with Crippen LogP contribution in [0.2, 0.25) is 0 Å². The summed E-state index contributed by atoms with van der Waals surface area (Å²) in [4.78, 5) is 23.1. The van der Waals surface area contributed by atoms with E-state index in [0.29, 0.717) is 13.0 Å². The van der Waals surface area contributed by atoms with Crippen LogP contribution in [0.4, 0.5) is 4.39 Å². The van der Waals surface area contributed by atoms with Crippen LogP contribution in [0.3, 0.4) is 0 Å². The third-order valence-electron chi connectivity index (χ3n) is 2.85. The number of hydrogen-bond donors (Lipinski definition) is 2. The summed E-state index contributed by atoms with van der Waals surface area (Å²) >= 11 is 0. The van der Waals surface area contributed by atoms with Crippen LogP contribution in [0.25, 0.3) is 0 Å². The lowest BCUT2D eigenvalue weighted by molar-refractivity contribution is -0.139. The van der Waals surface area contributed by atoms with E-state index in [0.717, 1.165) is 11.1 Å². The second-order valence-corrected chi connectivity index (χ2v) is 4.45. The maximum absolute atomic E-state index is 12.7. The number of carbonyl (C=O) groups excluding carboxylic acids is 2. The van der Waals surface area contributed by atoms with Crippen molar-refractivity contribution >= 4 is 11.8 Å². The summed E-state index contributed by atoms with van der Waals surface area (Å²) in [7, 11) is 0. The van der Waals surface area contributed by atoms with Crippen molar-refractivity contribution in [3.63, 3.8) is 0 Å². The lowest BCUT2D eigenvalue weighted by Gasteiger charge is -2.06. The number of amides is 2. The van der Waals surface area contributed by atoms with Gasteiger partial charge in [-0.1, -0.05) is 12.1 Å². The Labute approximate surface area is 121 Å². The van der Waals surface area contributed by atoms with E-state index in [4.69, 9.17) is 4.42 Å². The molecule has 0 unspecified atom stereocenters. The molecule has 110 valence electrons. The second-order valence-electron chi connectivity index (χ2n) is 4.45. The van der Waals surface area contributed by atoms with E-state index < -0.39 is 11.8 Å². The average Bonchev–Trinajstić information content (AvgIpc) is 2.99. The molecule has 2 aromatic rings. The number of hydrogen-bond acceptors (Lipinski definition) is 3. The van der Waals surface area contributed by atoms with Gasteiger partial charge in [-0.15, -0.1) is 0 Å². The molecule has 0 aliphatic heterocycles. The van der Waals surface area contributed by atoms with Crippen LogP contribution in [0, 0.1) is 5.82 Å². The average molecular weight is 290 g/mol. The summed E-state index contributed by atoms with van der Waals surface area (Å²) in [5.74, 6) is -1.76. The van der Waals surface area contributed by atoms with E-state index in [9.17, 15) is 14.0 Å². The van der Waals surface area contributed by atoms with Crippen LogP contribution >= 0.6 is 0 Å². The predicted octanol–water partition coefficient (Wildman–Crippen LogP) is 1.39. The van der Waals surface area contributed by atoms with Crippen molar-refractivity contribution in [2.75, 3.05) is 6.54 Å². The highest BCUT2D eigenvalue weighted by Crippen LogP contribution is 2.02. The lowest BCUT2D eigenvalue weighted by Crippen LogP contribution is -2.40. The molecular weight excluding hydrogens is 275 g/mol.